The minimum atomic E-state index is 1.06. The second-order valence-electron chi connectivity index (χ2n) is 4.46. The van der Waals surface area contributed by atoms with Gasteiger partial charge >= 0.3 is 0 Å². The molecule has 0 aliphatic rings. The molecule has 0 N–H and O–H groups in total. The molecule has 0 fully saturated rings. The molecule has 0 aromatic carbocycles. The predicted molar refractivity (Wildman–Crippen MR) is 113 cm³/mol. The standard InChI is InChI=1S/2C5H8N2.C4H6N2.3C2H6/c1-5-3-6-4-7(5)2;1-5-6-3-4-7(5)2;1-6-3-2-5-4-6;3*1-2/h2*3-4H,1-2H3;2-4H,1H3;3*1-2H3. The van der Waals surface area contributed by atoms with Gasteiger partial charge in [0.1, 0.15) is 5.82 Å². The molecule has 26 heavy (non-hydrogen) atoms. The topological polar surface area (TPSA) is 53.5 Å². The fourth-order valence-electron chi connectivity index (χ4n) is 1.19. The van der Waals surface area contributed by atoms with Crippen LogP contribution in [0.1, 0.15) is 53.1 Å². The lowest BCUT2D eigenvalue weighted by Crippen LogP contribution is -1.86. The van der Waals surface area contributed by atoms with Crippen LogP contribution in [0.25, 0.3) is 0 Å². The summed E-state index contributed by atoms with van der Waals surface area (Å²) in [5.74, 6) is 1.06. The maximum absolute atomic E-state index is 3.98. The van der Waals surface area contributed by atoms with Crippen molar-refractivity contribution in [3.8, 4) is 0 Å². The molecule has 3 aromatic heterocycles. The summed E-state index contributed by atoms with van der Waals surface area (Å²) in [6.07, 6.45) is 12.7. The minimum Gasteiger partial charge on any atom is -0.341 e. The molecule has 6 heteroatoms. The zero-order chi connectivity index (χ0) is 21.0. The molecule has 0 aliphatic heterocycles. The van der Waals surface area contributed by atoms with Crippen LogP contribution >= 0.6 is 0 Å². The first-order valence-corrected chi connectivity index (χ1v) is 9.29. The molecular formula is C20H40N6. The van der Waals surface area contributed by atoms with Gasteiger partial charge in [0.2, 0.25) is 0 Å². The Bertz CT molecular complexity index is 522. The summed E-state index contributed by atoms with van der Waals surface area (Å²) in [5.41, 5.74) is 1.19. The predicted octanol–water partition coefficient (Wildman–Crippen LogP) is 4.96. The highest BCUT2D eigenvalue weighted by atomic mass is 15.0. The summed E-state index contributed by atoms with van der Waals surface area (Å²) in [7, 11) is 5.89. The quantitative estimate of drug-likeness (QED) is 0.567. The average Bonchev–Trinajstić information content (AvgIpc) is 3.41. The van der Waals surface area contributed by atoms with Gasteiger partial charge in [-0.1, -0.05) is 41.5 Å². The third-order valence-electron chi connectivity index (χ3n) is 2.76. The number of hydrogen-bond donors (Lipinski definition) is 0. The van der Waals surface area contributed by atoms with Gasteiger partial charge in [-0.25, -0.2) is 15.0 Å². The van der Waals surface area contributed by atoms with Crippen LogP contribution in [0.4, 0.5) is 0 Å². The van der Waals surface area contributed by atoms with Gasteiger partial charge in [-0.15, -0.1) is 0 Å². The van der Waals surface area contributed by atoms with E-state index in [1.807, 2.05) is 109 Å². The van der Waals surface area contributed by atoms with Crippen molar-refractivity contribution in [3.63, 3.8) is 0 Å². The van der Waals surface area contributed by atoms with Gasteiger partial charge in [-0.05, 0) is 13.8 Å². The maximum atomic E-state index is 3.98. The van der Waals surface area contributed by atoms with Crippen molar-refractivity contribution < 1.29 is 0 Å². The normalized spacial score (nSPS) is 7.81. The Balaban J connectivity index is -0.000000267. The van der Waals surface area contributed by atoms with E-state index in [1.54, 1.807) is 25.0 Å². The van der Waals surface area contributed by atoms with Gasteiger partial charge < -0.3 is 13.7 Å². The lowest BCUT2D eigenvalue weighted by molar-refractivity contribution is 0.858. The van der Waals surface area contributed by atoms with Crippen LogP contribution in [0.5, 0.6) is 0 Å². The van der Waals surface area contributed by atoms with Crippen LogP contribution in [-0.2, 0) is 21.1 Å². The van der Waals surface area contributed by atoms with Crippen molar-refractivity contribution in [3.05, 3.63) is 55.2 Å². The highest BCUT2D eigenvalue weighted by Crippen LogP contribution is 1.89. The SMILES string of the molecule is CC.CC.CC.Cc1cncn1C.Cc1nccn1C.Cn1ccnc1. The first-order valence-electron chi connectivity index (χ1n) is 9.29. The molecule has 3 rings (SSSR count). The van der Waals surface area contributed by atoms with Crippen LogP contribution in [0.2, 0.25) is 0 Å². The molecule has 3 heterocycles. The van der Waals surface area contributed by atoms with E-state index in [2.05, 4.69) is 15.0 Å². The fourth-order valence-corrected chi connectivity index (χ4v) is 1.19. The van der Waals surface area contributed by atoms with E-state index in [4.69, 9.17) is 0 Å². The van der Waals surface area contributed by atoms with E-state index >= 15 is 0 Å². The Hall–Kier alpha value is -2.37. The molecule has 0 unspecified atom stereocenters. The number of imidazole rings is 3. The average molecular weight is 365 g/mol. The first-order chi connectivity index (χ1) is 12.5. The van der Waals surface area contributed by atoms with Gasteiger partial charge in [0.05, 0.1) is 12.7 Å². The van der Waals surface area contributed by atoms with Crippen LogP contribution in [-0.4, -0.2) is 28.7 Å². The first kappa shape index (κ1) is 28.4. The molecule has 0 radical (unpaired) electrons. The van der Waals surface area contributed by atoms with Gasteiger partial charge in [0.15, 0.2) is 0 Å². The fraction of sp³-hybridized carbons (Fsp3) is 0.550. The number of hydrogen-bond acceptors (Lipinski definition) is 3. The van der Waals surface area contributed by atoms with E-state index in [9.17, 15) is 0 Å². The monoisotopic (exact) mass is 364 g/mol. The molecule has 150 valence electrons. The lowest BCUT2D eigenvalue weighted by Gasteiger charge is -1.87. The number of nitrogens with zero attached hydrogens (tertiary/aromatic N) is 6. The van der Waals surface area contributed by atoms with Crippen molar-refractivity contribution in [1.29, 1.82) is 0 Å². The van der Waals surface area contributed by atoms with Gasteiger partial charge in [0, 0.05) is 57.8 Å². The molecule has 0 saturated carbocycles. The van der Waals surface area contributed by atoms with Crippen molar-refractivity contribution >= 4 is 0 Å². The minimum absolute atomic E-state index is 1.06. The molecule has 6 nitrogen and oxygen atoms in total. The molecule has 0 atom stereocenters. The Morgan fingerprint density at radius 1 is 0.692 bits per heavy atom. The number of rotatable bonds is 0. The highest BCUT2D eigenvalue weighted by molar-refractivity contribution is 4.92. The number of aryl methyl sites for hydroxylation is 5. The highest BCUT2D eigenvalue weighted by Gasteiger charge is 1.84. The van der Waals surface area contributed by atoms with Gasteiger partial charge in [-0.3, -0.25) is 0 Å². The molecule has 0 amide bonds. The lowest BCUT2D eigenvalue weighted by atomic mass is 10.5. The van der Waals surface area contributed by atoms with Crippen molar-refractivity contribution in [2.45, 2.75) is 55.4 Å². The third-order valence-corrected chi connectivity index (χ3v) is 2.76. The number of aromatic nitrogens is 6. The zero-order valence-corrected chi connectivity index (χ0v) is 18.7. The maximum Gasteiger partial charge on any atom is 0.105 e. The van der Waals surface area contributed by atoms with Crippen molar-refractivity contribution in [2.75, 3.05) is 0 Å². The molecule has 3 aromatic rings. The molecule has 0 saturated heterocycles. The van der Waals surface area contributed by atoms with Gasteiger partial charge in [-0.2, -0.15) is 0 Å². The summed E-state index contributed by atoms with van der Waals surface area (Å²) in [6.45, 7) is 16.0. The molecule has 0 spiro atoms. The Kier molecular flexibility index (Phi) is 22.6. The molecule has 0 aliphatic carbocycles. The molecular weight excluding hydrogens is 324 g/mol. The van der Waals surface area contributed by atoms with E-state index in [1.165, 1.54) is 5.69 Å². The van der Waals surface area contributed by atoms with Crippen LogP contribution < -0.4 is 0 Å². The van der Waals surface area contributed by atoms with Crippen LogP contribution in [0.3, 0.4) is 0 Å². The van der Waals surface area contributed by atoms with Crippen LogP contribution in [0.15, 0.2) is 43.6 Å². The Morgan fingerprint density at radius 3 is 1.38 bits per heavy atom. The second kappa shape index (κ2) is 20.7. The van der Waals surface area contributed by atoms with Crippen LogP contribution in [0, 0.1) is 13.8 Å². The Morgan fingerprint density at radius 2 is 1.27 bits per heavy atom. The van der Waals surface area contributed by atoms with E-state index in [-0.39, 0.29) is 0 Å². The summed E-state index contributed by atoms with van der Waals surface area (Å²) < 4.78 is 5.83. The summed E-state index contributed by atoms with van der Waals surface area (Å²) >= 11 is 0. The van der Waals surface area contributed by atoms with E-state index in [0.29, 0.717) is 0 Å². The third kappa shape index (κ3) is 15.2. The Labute approximate surface area is 161 Å². The van der Waals surface area contributed by atoms with E-state index < -0.39 is 0 Å². The van der Waals surface area contributed by atoms with Crippen molar-refractivity contribution in [1.82, 2.24) is 28.7 Å². The summed E-state index contributed by atoms with van der Waals surface area (Å²) in [5, 5.41) is 0. The largest absolute Gasteiger partial charge is 0.341 e. The van der Waals surface area contributed by atoms with Gasteiger partial charge in [0.25, 0.3) is 0 Å². The zero-order valence-electron chi connectivity index (χ0n) is 18.7. The summed E-state index contributed by atoms with van der Waals surface area (Å²) in [6, 6.07) is 0. The van der Waals surface area contributed by atoms with E-state index in [0.717, 1.165) is 5.82 Å². The van der Waals surface area contributed by atoms with Crippen molar-refractivity contribution in [2.24, 2.45) is 21.1 Å². The summed E-state index contributed by atoms with van der Waals surface area (Å²) in [4.78, 5) is 11.6. The second-order valence-corrected chi connectivity index (χ2v) is 4.46. The molecule has 0 bridgehead atoms. The smallest absolute Gasteiger partial charge is 0.105 e.